The predicted molar refractivity (Wildman–Crippen MR) is 49.8 cm³/mol. The fourth-order valence-electron chi connectivity index (χ4n) is 0.866. The normalized spacial score (nSPS) is 10.7. The Kier molecular flexibility index (Phi) is 3.30. The maximum atomic E-state index is 4.31. The van der Waals surface area contributed by atoms with Crippen LogP contribution in [0.3, 0.4) is 0 Å². The van der Waals surface area contributed by atoms with E-state index in [-0.39, 0.29) is 7.92 Å². The van der Waals surface area contributed by atoms with Crippen molar-refractivity contribution in [2.75, 3.05) is 12.3 Å². The number of aromatic nitrogens is 1. The number of rotatable bonds is 3. The highest BCUT2D eigenvalue weighted by molar-refractivity contribution is 7.71. The van der Waals surface area contributed by atoms with Gasteiger partial charge in [0, 0.05) is 11.6 Å². The molecular formula is C7H12NPS. The first-order valence-electron chi connectivity index (χ1n) is 3.53. The Balaban J connectivity index is 2.64. The van der Waals surface area contributed by atoms with E-state index in [4.69, 9.17) is 0 Å². The van der Waals surface area contributed by atoms with Crippen LogP contribution in [0, 0.1) is 0 Å². The molecule has 1 nitrogen and oxygen atoms in total. The predicted octanol–water partition coefficient (Wildman–Crippen LogP) is 2.29. The van der Waals surface area contributed by atoms with Gasteiger partial charge in [0.1, 0.15) is 4.75 Å². The average Bonchev–Trinajstić information content (AvgIpc) is 2.43. The molecule has 0 saturated heterocycles. The van der Waals surface area contributed by atoms with Gasteiger partial charge in [-0.1, -0.05) is 13.8 Å². The average molecular weight is 173 g/mol. The van der Waals surface area contributed by atoms with Gasteiger partial charge in [0.25, 0.3) is 0 Å². The molecule has 0 spiro atoms. The summed E-state index contributed by atoms with van der Waals surface area (Å²) in [4.78, 5) is 4.31. The molecule has 0 aliphatic heterocycles. The summed E-state index contributed by atoms with van der Waals surface area (Å²) in [5.74, 6) is 0. The molecular weight excluding hydrogens is 161 g/mol. The summed E-state index contributed by atoms with van der Waals surface area (Å²) in [6, 6.07) is 0. The SMILES string of the molecule is CCP(CC)c1nccs1. The molecule has 0 unspecified atom stereocenters. The van der Waals surface area contributed by atoms with Crippen LogP contribution in [0.5, 0.6) is 0 Å². The van der Waals surface area contributed by atoms with Gasteiger partial charge >= 0.3 is 0 Å². The second kappa shape index (κ2) is 4.05. The smallest absolute Gasteiger partial charge is 0.115 e. The molecule has 0 aliphatic carbocycles. The third-order valence-corrected chi connectivity index (χ3v) is 5.30. The van der Waals surface area contributed by atoms with Gasteiger partial charge < -0.3 is 0 Å². The summed E-state index contributed by atoms with van der Waals surface area (Å²) in [7, 11) is 0.0931. The quantitative estimate of drug-likeness (QED) is 0.639. The van der Waals surface area contributed by atoms with Crippen molar-refractivity contribution in [3.05, 3.63) is 11.6 Å². The fourth-order valence-corrected chi connectivity index (χ4v) is 4.00. The Hall–Kier alpha value is 0.0600. The molecule has 0 aromatic carbocycles. The molecule has 3 heteroatoms. The highest BCUT2D eigenvalue weighted by Crippen LogP contribution is 2.33. The Morgan fingerprint density at radius 3 is 2.60 bits per heavy atom. The standard InChI is InChI=1S/C7H12NPS/c1-3-9(4-2)7-8-5-6-10-7/h5-6H,3-4H2,1-2H3. The lowest BCUT2D eigenvalue weighted by atomic mass is 11.0. The summed E-state index contributed by atoms with van der Waals surface area (Å²) >= 11 is 1.80. The molecule has 10 heavy (non-hydrogen) atoms. The third-order valence-electron chi connectivity index (χ3n) is 1.45. The highest BCUT2D eigenvalue weighted by atomic mass is 32.1. The van der Waals surface area contributed by atoms with Crippen LogP contribution in [0.4, 0.5) is 0 Å². The number of nitrogens with zero attached hydrogens (tertiary/aromatic N) is 1. The van der Waals surface area contributed by atoms with Crippen molar-refractivity contribution in [3.8, 4) is 0 Å². The first-order valence-corrected chi connectivity index (χ1v) is 6.12. The molecule has 0 saturated carbocycles. The molecule has 1 aromatic heterocycles. The summed E-state index contributed by atoms with van der Waals surface area (Å²) < 4.78 is 1.36. The Morgan fingerprint density at radius 1 is 1.50 bits per heavy atom. The van der Waals surface area contributed by atoms with Crippen molar-refractivity contribution in [1.29, 1.82) is 0 Å². The lowest BCUT2D eigenvalue weighted by Crippen LogP contribution is -2.01. The molecule has 0 radical (unpaired) electrons. The largest absolute Gasteiger partial charge is 0.245 e. The summed E-state index contributed by atoms with van der Waals surface area (Å²) in [6.07, 6.45) is 4.46. The van der Waals surface area contributed by atoms with Gasteiger partial charge in [0.2, 0.25) is 0 Å². The molecule has 0 fully saturated rings. The molecule has 1 heterocycles. The van der Waals surface area contributed by atoms with Crippen LogP contribution in [0.1, 0.15) is 13.8 Å². The van der Waals surface area contributed by atoms with Crippen LogP contribution >= 0.6 is 19.3 Å². The Labute approximate surface area is 67.3 Å². The van der Waals surface area contributed by atoms with Gasteiger partial charge in [-0.3, -0.25) is 0 Å². The molecule has 1 rings (SSSR count). The summed E-state index contributed by atoms with van der Waals surface area (Å²) in [5.41, 5.74) is 0. The third kappa shape index (κ3) is 1.77. The fraction of sp³-hybridized carbons (Fsp3) is 0.571. The van der Waals surface area contributed by atoms with Crippen molar-refractivity contribution < 1.29 is 0 Å². The maximum absolute atomic E-state index is 4.31. The van der Waals surface area contributed by atoms with Crippen LogP contribution < -0.4 is 4.75 Å². The van der Waals surface area contributed by atoms with Crippen LogP contribution in [0.2, 0.25) is 0 Å². The van der Waals surface area contributed by atoms with E-state index < -0.39 is 0 Å². The van der Waals surface area contributed by atoms with Gasteiger partial charge in [-0.05, 0) is 20.2 Å². The van der Waals surface area contributed by atoms with Crippen LogP contribution in [-0.2, 0) is 0 Å². The van der Waals surface area contributed by atoms with E-state index in [1.54, 1.807) is 11.3 Å². The molecule has 56 valence electrons. The minimum atomic E-state index is 0.0931. The highest BCUT2D eigenvalue weighted by Gasteiger charge is 2.06. The zero-order valence-electron chi connectivity index (χ0n) is 6.37. The van der Waals surface area contributed by atoms with Crippen LogP contribution in [-0.4, -0.2) is 17.3 Å². The zero-order valence-corrected chi connectivity index (χ0v) is 8.08. The van der Waals surface area contributed by atoms with Crippen molar-refractivity contribution in [2.24, 2.45) is 0 Å². The van der Waals surface area contributed by atoms with Gasteiger partial charge in [0.05, 0.1) is 0 Å². The van der Waals surface area contributed by atoms with E-state index in [0.29, 0.717) is 0 Å². The van der Waals surface area contributed by atoms with Gasteiger partial charge in [-0.2, -0.15) is 0 Å². The van der Waals surface area contributed by atoms with E-state index in [1.165, 1.54) is 17.1 Å². The number of hydrogen-bond acceptors (Lipinski definition) is 2. The second-order valence-electron chi connectivity index (χ2n) is 1.99. The second-order valence-corrected chi connectivity index (χ2v) is 5.95. The molecule has 0 bridgehead atoms. The van der Waals surface area contributed by atoms with Gasteiger partial charge in [0.15, 0.2) is 0 Å². The van der Waals surface area contributed by atoms with E-state index in [9.17, 15) is 0 Å². The number of hydrogen-bond donors (Lipinski definition) is 0. The first-order chi connectivity index (χ1) is 4.88. The first kappa shape index (κ1) is 8.16. The minimum absolute atomic E-state index is 0.0931. The Morgan fingerprint density at radius 2 is 2.20 bits per heavy atom. The number of thiazole rings is 1. The van der Waals surface area contributed by atoms with Crippen molar-refractivity contribution in [1.82, 2.24) is 4.98 Å². The van der Waals surface area contributed by atoms with E-state index in [1.807, 2.05) is 6.20 Å². The van der Waals surface area contributed by atoms with Crippen molar-refractivity contribution >= 4 is 24.0 Å². The van der Waals surface area contributed by atoms with Crippen LogP contribution in [0.15, 0.2) is 11.6 Å². The Bertz CT molecular complexity index is 170. The molecule has 1 aromatic rings. The minimum Gasteiger partial charge on any atom is -0.245 e. The monoisotopic (exact) mass is 173 g/mol. The van der Waals surface area contributed by atoms with E-state index in [2.05, 4.69) is 24.2 Å². The molecule has 0 N–H and O–H groups in total. The van der Waals surface area contributed by atoms with E-state index >= 15 is 0 Å². The van der Waals surface area contributed by atoms with Crippen molar-refractivity contribution in [2.45, 2.75) is 13.8 Å². The van der Waals surface area contributed by atoms with Gasteiger partial charge in [-0.25, -0.2) is 4.98 Å². The lowest BCUT2D eigenvalue weighted by Gasteiger charge is -2.07. The lowest BCUT2D eigenvalue weighted by molar-refractivity contribution is 1.40. The van der Waals surface area contributed by atoms with Crippen molar-refractivity contribution in [3.63, 3.8) is 0 Å². The molecule has 0 amide bonds. The molecule has 0 atom stereocenters. The summed E-state index contributed by atoms with van der Waals surface area (Å²) in [6.45, 7) is 4.49. The maximum Gasteiger partial charge on any atom is 0.115 e. The van der Waals surface area contributed by atoms with Gasteiger partial charge in [-0.15, -0.1) is 11.3 Å². The molecule has 0 aliphatic rings. The zero-order chi connectivity index (χ0) is 7.40. The topological polar surface area (TPSA) is 12.9 Å². The van der Waals surface area contributed by atoms with E-state index in [0.717, 1.165) is 0 Å². The summed E-state index contributed by atoms with van der Waals surface area (Å²) in [5, 5.41) is 2.07. The van der Waals surface area contributed by atoms with Crippen LogP contribution in [0.25, 0.3) is 0 Å².